The molecular formula is C19H24O3. The largest absolute Gasteiger partial charge is 0.489 e. The zero-order valence-electron chi connectivity index (χ0n) is 13.3. The van der Waals surface area contributed by atoms with E-state index in [1.807, 2.05) is 49.4 Å². The molecule has 0 fully saturated rings. The molecule has 3 nitrogen and oxygen atoms in total. The van der Waals surface area contributed by atoms with Crippen LogP contribution in [-0.2, 0) is 11.3 Å². The van der Waals surface area contributed by atoms with E-state index in [-0.39, 0.29) is 6.10 Å². The Kier molecular flexibility index (Phi) is 6.78. The molecule has 0 unspecified atom stereocenters. The van der Waals surface area contributed by atoms with Crippen molar-refractivity contribution in [3.63, 3.8) is 0 Å². The van der Waals surface area contributed by atoms with Crippen molar-refractivity contribution in [3.8, 4) is 11.5 Å². The first-order valence-electron chi connectivity index (χ1n) is 7.79. The standard InChI is InChI=1S/C19H24O3/c1-3-13-20-14-16(2)22-19-11-9-18(10-12-19)21-15-17-7-5-4-6-8-17/h4-12,16H,3,13-15H2,1-2H3/t16-/m1/s1. The highest BCUT2D eigenvalue weighted by Crippen LogP contribution is 2.19. The van der Waals surface area contributed by atoms with Crippen molar-refractivity contribution < 1.29 is 14.2 Å². The first kappa shape index (κ1) is 16.4. The maximum atomic E-state index is 5.80. The zero-order valence-corrected chi connectivity index (χ0v) is 13.3. The molecule has 0 bridgehead atoms. The van der Waals surface area contributed by atoms with Crippen molar-refractivity contribution in [2.24, 2.45) is 0 Å². The molecule has 0 N–H and O–H groups in total. The van der Waals surface area contributed by atoms with Crippen LogP contribution in [0.25, 0.3) is 0 Å². The third-order valence-corrected chi connectivity index (χ3v) is 3.11. The van der Waals surface area contributed by atoms with Crippen molar-refractivity contribution in [3.05, 3.63) is 60.2 Å². The molecule has 1 atom stereocenters. The molecule has 2 rings (SSSR count). The third-order valence-electron chi connectivity index (χ3n) is 3.11. The summed E-state index contributed by atoms with van der Waals surface area (Å²) in [6.45, 7) is 6.07. The average molecular weight is 300 g/mol. The summed E-state index contributed by atoms with van der Waals surface area (Å²) in [6.07, 6.45) is 1.07. The van der Waals surface area contributed by atoms with Gasteiger partial charge in [-0.1, -0.05) is 37.3 Å². The first-order chi connectivity index (χ1) is 10.8. The normalized spacial score (nSPS) is 11.9. The van der Waals surface area contributed by atoms with Crippen LogP contribution in [0.4, 0.5) is 0 Å². The Morgan fingerprint density at radius 1 is 0.909 bits per heavy atom. The van der Waals surface area contributed by atoms with Gasteiger partial charge in [0.05, 0.1) is 6.61 Å². The van der Waals surface area contributed by atoms with Gasteiger partial charge in [-0.05, 0) is 43.2 Å². The summed E-state index contributed by atoms with van der Waals surface area (Å²) < 4.78 is 17.0. The van der Waals surface area contributed by atoms with Crippen LogP contribution in [0.3, 0.4) is 0 Å². The monoisotopic (exact) mass is 300 g/mol. The second-order valence-corrected chi connectivity index (χ2v) is 5.25. The maximum Gasteiger partial charge on any atom is 0.120 e. The molecule has 0 heterocycles. The Bertz CT molecular complexity index is 522. The van der Waals surface area contributed by atoms with Gasteiger partial charge >= 0.3 is 0 Å². The second-order valence-electron chi connectivity index (χ2n) is 5.25. The summed E-state index contributed by atoms with van der Waals surface area (Å²) in [4.78, 5) is 0. The topological polar surface area (TPSA) is 27.7 Å². The molecule has 0 aliphatic rings. The van der Waals surface area contributed by atoms with E-state index < -0.39 is 0 Å². The molecule has 22 heavy (non-hydrogen) atoms. The summed E-state index contributed by atoms with van der Waals surface area (Å²) >= 11 is 0. The highest BCUT2D eigenvalue weighted by molar-refractivity contribution is 5.31. The summed E-state index contributed by atoms with van der Waals surface area (Å²) in [7, 11) is 0. The van der Waals surface area contributed by atoms with Gasteiger partial charge in [-0.3, -0.25) is 0 Å². The van der Waals surface area contributed by atoms with Gasteiger partial charge in [0.15, 0.2) is 0 Å². The lowest BCUT2D eigenvalue weighted by atomic mass is 10.2. The van der Waals surface area contributed by atoms with E-state index in [1.165, 1.54) is 0 Å². The van der Waals surface area contributed by atoms with E-state index in [2.05, 4.69) is 19.1 Å². The van der Waals surface area contributed by atoms with Gasteiger partial charge in [-0.15, -0.1) is 0 Å². The van der Waals surface area contributed by atoms with Crippen LogP contribution in [-0.4, -0.2) is 19.3 Å². The fourth-order valence-electron chi connectivity index (χ4n) is 2.02. The van der Waals surface area contributed by atoms with Crippen LogP contribution in [0.5, 0.6) is 11.5 Å². The lowest BCUT2D eigenvalue weighted by Crippen LogP contribution is -2.19. The summed E-state index contributed by atoms with van der Waals surface area (Å²) in [5.74, 6) is 1.67. The predicted molar refractivity (Wildman–Crippen MR) is 88.4 cm³/mol. The molecule has 0 radical (unpaired) electrons. The van der Waals surface area contributed by atoms with Gasteiger partial charge < -0.3 is 14.2 Å². The van der Waals surface area contributed by atoms with E-state index >= 15 is 0 Å². The van der Waals surface area contributed by atoms with Crippen molar-refractivity contribution in [2.45, 2.75) is 33.0 Å². The number of hydrogen-bond donors (Lipinski definition) is 0. The Hall–Kier alpha value is -2.00. The molecule has 2 aromatic carbocycles. The maximum absolute atomic E-state index is 5.80. The molecule has 0 spiro atoms. The number of hydrogen-bond acceptors (Lipinski definition) is 3. The molecule has 2 aromatic rings. The van der Waals surface area contributed by atoms with E-state index in [1.54, 1.807) is 0 Å². The highest BCUT2D eigenvalue weighted by Gasteiger charge is 2.04. The van der Waals surface area contributed by atoms with Crippen LogP contribution in [0, 0.1) is 0 Å². The molecule has 3 heteroatoms. The minimum Gasteiger partial charge on any atom is -0.489 e. The minimum atomic E-state index is 0.0441. The summed E-state index contributed by atoms with van der Waals surface area (Å²) in [5, 5.41) is 0. The van der Waals surface area contributed by atoms with Crippen LogP contribution in [0.2, 0.25) is 0 Å². The lowest BCUT2D eigenvalue weighted by molar-refractivity contribution is 0.0589. The lowest BCUT2D eigenvalue weighted by Gasteiger charge is -2.15. The van der Waals surface area contributed by atoms with E-state index in [9.17, 15) is 0 Å². The van der Waals surface area contributed by atoms with E-state index in [0.717, 1.165) is 30.1 Å². The van der Waals surface area contributed by atoms with Crippen LogP contribution in [0.15, 0.2) is 54.6 Å². The summed E-state index contributed by atoms with van der Waals surface area (Å²) in [5.41, 5.74) is 1.16. The Morgan fingerprint density at radius 2 is 1.59 bits per heavy atom. The van der Waals surface area contributed by atoms with Crippen LogP contribution < -0.4 is 9.47 Å². The number of benzene rings is 2. The van der Waals surface area contributed by atoms with Crippen LogP contribution in [0.1, 0.15) is 25.8 Å². The van der Waals surface area contributed by atoms with E-state index in [4.69, 9.17) is 14.2 Å². The zero-order chi connectivity index (χ0) is 15.6. The highest BCUT2D eigenvalue weighted by atomic mass is 16.5. The first-order valence-corrected chi connectivity index (χ1v) is 7.79. The quantitative estimate of drug-likeness (QED) is 0.640. The van der Waals surface area contributed by atoms with Gasteiger partial charge in [0.2, 0.25) is 0 Å². The smallest absolute Gasteiger partial charge is 0.120 e. The van der Waals surface area contributed by atoms with E-state index in [0.29, 0.717) is 13.2 Å². The fraction of sp³-hybridized carbons (Fsp3) is 0.368. The third kappa shape index (κ3) is 5.78. The number of ether oxygens (including phenoxy) is 3. The predicted octanol–water partition coefficient (Wildman–Crippen LogP) is 4.46. The SMILES string of the molecule is CCCOC[C@@H](C)Oc1ccc(OCc2ccccc2)cc1. The van der Waals surface area contributed by atoms with Crippen molar-refractivity contribution in [2.75, 3.05) is 13.2 Å². The van der Waals surface area contributed by atoms with Gasteiger partial charge in [0, 0.05) is 6.61 Å². The van der Waals surface area contributed by atoms with Crippen molar-refractivity contribution in [1.82, 2.24) is 0 Å². The van der Waals surface area contributed by atoms with Gasteiger partial charge in [-0.25, -0.2) is 0 Å². The molecule has 0 saturated heterocycles. The molecule has 0 aliphatic heterocycles. The summed E-state index contributed by atoms with van der Waals surface area (Å²) in [6, 6.07) is 17.8. The Labute approximate surface area is 132 Å². The number of rotatable bonds is 9. The molecule has 0 amide bonds. The molecule has 0 aliphatic carbocycles. The molecule has 0 aromatic heterocycles. The van der Waals surface area contributed by atoms with Gasteiger partial charge in [-0.2, -0.15) is 0 Å². The van der Waals surface area contributed by atoms with Crippen molar-refractivity contribution >= 4 is 0 Å². The Balaban J connectivity index is 1.77. The molecule has 0 saturated carbocycles. The molecular weight excluding hydrogens is 276 g/mol. The fourth-order valence-corrected chi connectivity index (χ4v) is 2.02. The minimum absolute atomic E-state index is 0.0441. The van der Waals surface area contributed by atoms with Crippen molar-refractivity contribution in [1.29, 1.82) is 0 Å². The van der Waals surface area contributed by atoms with Crippen LogP contribution >= 0.6 is 0 Å². The van der Waals surface area contributed by atoms with Gasteiger partial charge in [0.1, 0.15) is 24.2 Å². The second kappa shape index (κ2) is 9.11. The Morgan fingerprint density at radius 3 is 2.27 bits per heavy atom. The van der Waals surface area contributed by atoms with Gasteiger partial charge in [0.25, 0.3) is 0 Å². The average Bonchev–Trinajstić information content (AvgIpc) is 2.55. The molecule has 118 valence electrons.